The summed E-state index contributed by atoms with van der Waals surface area (Å²) in [4.78, 5) is 0. The first kappa shape index (κ1) is 22.9. The molecule has 0 aliphatic heterocycles. The highest BCUT2D eigenvalue weighted by Gasteiger charge is 2.25. The van der Waals surface area contributed by atoms with Crippen molar-refractivity contribution in [3.63, 3.8) is 0 Å². The molecule has 1 N–H and O–H groups in total. The first-order chi connectivity index (χ1) is 13.0. The van der Waals surface area contributed by atoms with E-state index < -0.39 is 0 Å². The lowest BCUT2D eigenvalue weighted by molar-refractivity contribution is 0.240. The molecule has 0 fully saturated rings. The van der Waals surface area contributed by atoms with Gasteiger partial charge in [-0.15, -0.1) is 0 Å². The minimum atomic E-state index is 0.0111. The molecular formula is C23H31Cl2NO2. The molecule has 0 spiro atoms. The van der Waals surface area contributed by atoms with Crippen molar-refractivity contribution in [2.75, 3.05) is 7.11 Å². The second-order valence-corrected chi connectivity index (χ2v) is 9.78. The monoisotopic (exact) mass is 423 g/mol. The van der Waals surface area contributed by atoms with Crippen LogP contribution < -0.4 is 14.8 Å². The van der Waals surface area contributed by atoms with Crippen LogP contribution in [0.3, 0.4) is 0 Å². The highest BCUT2D eigenvalue weighted by atomic mass is 35.5. The Morgan fingerprint density at radius 3 is 2.25 bits per heavy atom. The van der Waals surface area contributed by atoms with Crippen molar-refractivity contribution in [2.24, 2.45) is 5.41 Å². The average molecular weight is 424 g/mol. The average Bonchev–Trinajstić information content (AvgIpc) is 2.58. The third-order valence-electron chi connectivity index (χ3n) is 4.36. The summed E-state index contributed by atoms with van der Waals surface area (Å²) in [6.45, 7) is 12.2. The predicted octanol–water partition coefficient (Wildman–Crippen LogP) is 6.89. The van der Waals surface area contributed by atoms with Crippen molar-refractivity contribution >= 4 is 23.2 Å². The second-order valence-electron chi connectivity index (χ2n) is 8.96. The largest absolute Gasteiger partial charge is 0.493 e. The molecule has 3 nitrogen and oxygen atoms in total. The zero-order valence-electron chi connectivity index (χ0n) is 17.7. The van der Waals surface area contributed by atoms with Crippen LogP contribution in [-0.2, 0) is 13.2 Å². The Kier molecular flexibility index (Phi) is 7.66. The summed E-state index contributed by atoms with van der Waals surface area (Å²) in [5, 5.41) is 4.81. The normalized spacial score (nSPS) is 12.1. The maximum Gasteiger partial charge on any atom is 0.180 e. The van der Waals surface area contributed by atoms with Gasteiger partial charge in [0, 0.05) is 22.7 Å². The summed E-state index contributed by atoms with van der Waals surface area (Å²) in [6, 6.07) is 11.5. The van der Waals surface area contributed by atoms with E-state index in [1.165, 1.54) is 0 Å². The maximum atomic E-state index is 6.51. The van der Waals surface area contributed by atoms with Crippen LogP contribution in [0.4, 0.5) is 0 Å². The lowest BCUT2D eigenvalue weighted by atomic mass is 9.82. The predicted molar refractivity (Wildman–Crippen MR) is 119 cm³/mol. The van der Waals surface area contributed by atoms with Gasteiger partial charge in [0.1, 0.15) is 6.61 Å². The van der Waals surface area contributed by atoms with Gasteiger partial charge >= 0.3 is 0 Å². The number of methoxy groups -OCH3 is 1. The number of rotatable bonds is 8. The molecular weight excluding hydrogens is 393 g/mol. The standard InChI is InChI=1S/C23H31Cl2NO2/c1-22(2,3)15-23(4,5)26-13-16-11-19(25)21(20(12-16)27-6)28-14-17-9-7-8-10-18(17)24/h7-12,26H,13-15H2,1-6H3. The molecule has 0 saturated heterocycles. The number of benzene rings is 2. The molecule has 0 bridgehead atoms. The molecule has 0 atom stereocenters. The Morgan fingerprint density at radius 1 is 0.964 bits per heavy atom. The van der Waals surface area contributed by atoms with Crippen LogP contribution in [-0.4, -0.2) is 12.6 Å². The number of halogens is 2. The summed E-state index contributed by atoms with van der Waals surface area (Å²) >= 11 is 12.7. The molecule has 0 saturated carbocycles. The Labute approximate surface area is 179 Å². The molecule has 0 aliphatic carbocycles. The fourth-order valence-electron chi connectivity index (χ4n) is 3.51. The van der Waals surface area contributed by atoms with Crippen molar-refractivity contribution in [3.8, 4) is 11.5 Å². The first-order valence-electron chi connectivity index (χ1n) is 9.48. The zero-order valence-corrected chi connectivity index (χ0v) is 19.2. The van der Waals surface area contributed by atoms with E-state index in [2.05, 4.69) is 39.9 Å². The topological polar surface area (TPSA) is 30.5 Å². The van der Waals surface area contributed by atoms with E-state index in [4.69, 9.17) is 32.7 Å². The fraction of sp³-hybridized carbons (Fsp3) is 0.478. The van der Waals surface area contributed by atoms with Crippen molar-refractivity contribution in [3.05, 3.63) is 57.6 Å². The van der Waals surface area contributed by atoms with Crippen LogP contribution in [0.2, 0.25) is 10.0 Å². The van der Waals surface area contributed by atoms with Gasteiger partial charge in [-0.25, -0.2) is 0 Å². The summed E-state index contributed by atoms with van der Waals surface area (Å²) < 4.78 is 11.5. The Hall–Kier alpha value is -1.42. The molecule has 154 valence electrons. The second kappa shape index (κ2) is 9.39. The molecule has 0 aromatic heterocycles. The van der Waals surface area contributed by atoms with E-state index in [0.29, 0.717) is 34.7 Å². The van der Waals surface area contributed by atoms with E-state index >= 15 is 0 Å². The highest BCUT2D eigenvalue weighted by Crippen LogP contribution is 2.37. The lowest BCUT2D eigenvalue weighted by Crippen LogP contribution is -2.41. The molecule has 5 heteroatoms. The van der Waals surface area contributed by atoms with Gasteiger partial charge in [-0.05, 0) is 49.4 Å². The van der Waals surface area contributed by atoms with Crippen LogP contribution in [0.5, 0.6) is 11.5 Å². The van der Waals surface area contributed by atoms with Gasteiger partial charge < -0.3 is 14.8 Å². The van der Waals surface area contributed by atoms with Gasteiger partial charge in [0.15, 0.2) is 11.5 Å². The molecule has 0 amide bonds. The van der Waals surface area contributed by atoms with Crippen molar-refractivity contribution in [1.82, 2.24) is 5.32 Å². The van der Waals surface area contributed by atoms with E-state index in [-0.39, 0.29) is 11.0 Å². The van der Waals surface area contributed by atoms with E-state index in [0.717, 1.165) is 17.5 Å². The minimum Gasteiger partial charge on any atom is -0.493 e. The number of hydrogen-bond acceptors (Lipinski definition) is 3. The quantitative estimate of drug-likeness (QED) is 0.501. The third-order valence-corrected chi connectivity index (χ3v) is 5.01. The Balaban J connectivity index is 2.11. The van der Waals surface area contributed by atoms with Gasteiger partial charge in [0.05, 0.1) is 12.1 Å². The van der Waals surface area contributed by atoms with Gasteiger partial charge in [-0.2, -0.15) is 0 Å². The maximum absolute atomic E-state index is 6.51. The molecule has 28 heavy (non-hydrogen) atoms. The first-order valence-corrected chi connectivity index (χ1v) is 10.2. The molecule has 2 rings (SSSR count). The van der Waals surface area contributed by atoms with Gasteiger partial charge in [-0.1, -0.05) is 62.2 Å². The lowest BCUT2D eigenvalue weighted by Gasteiger charge is -2.33. The third kappa shape index (κ3) is 6.88. The molecule has 0 heterocycles. The van der Waals surface area contributed by atoms with Crippen LogP contribution in [0.1, 0.15) is 52.2 Å². The van der Waals surface area contributed by atoms with Crippen LogP contribution in [0.15, 0.2) is 36.4 Å². The summed E-state index contributed by atoms with van der Waals surface area (Å²) in [7, 11) is 1.62. The Bertz CT molecular complexity index is 798. The van der Waals surface area contributed by atoms with E-state index in [1.807, 2.05) is 36.4 Å². The molecule has 2 aromatic carbocycles. The van der Waals surface area contributed by atoms with Crippen molar-refractivity contribution in [1.29, 1.82) is 0 Å². The van der Waals surface area contributed by atoms with Crippen LogP contribution in [0.25, 0.3) is 0 Å². The van der Waals surface area contributed by atoms with E-state index in [1.54, 1.807) is 7.11 Å². The number of ether oxygens (including phenoxy) is 2. The molecule has 0 radical (unpaired) electrons. The van der Waals surface area contributed by atoms with Crippen LogP contribution in [0, 0.1) is 5.41 Å². The smallest absolute Gasteiger partial charge is 0.180 e. The van der Waals surface area contributed by atoms with E-state index in [9.17, 15) is 0 Å². The minimum absolute atomic E-state index is 0.0111. The van der Waals surface area contributed by atoms with Gasteiger partial charge in [0.2, 0.25) is 0 Å². The Morgan fingerprint density at radius 2 is 1.64 bits per heavy atom. The zero-order chi connectivity index (χ0) is 20.9. The summed E-state index contributed by atoms with van der Waals surface area (Å²) in [5.41, 5.74) is 2.21. The number of nitrogens with one attached hydrogen (secondary N) is 1. The van der Waals surface area contributed by atoms with Crippen molar-refractivity contribution in [2.45, 2.75) is 59.7 Å². The molecule has 2 aromatic rings. The number of hydrogen-bond donors (Lipinski definition) is 1. The van der Waals surface area contributed by atoms with Gasteiger partial charge in [0.25, 0.3) is 0 Å². The fourth-order valence-corrected chi connectivity index (χ4v) is 3.99. The van der Waals surface area contributed by atoms with Gasteiger partial charge in [-0.3, -0.25) is 0 Å². The SMILES string of the molecule is COc1cc(CNC(C)(C)CC(C)(C)C)cc(Cl)c1OCc1ccccc1Cl. The van der Waals surface area contributed by atoms with Crippen LogP contribution >= 0.6 is 23.2 Å². The van der Waals surface area contributed by atoms with Crippen molar-refractivity contribution < 1.29 is 9.47 Å². The summed E-state index contributed by atoms with van der Waals surface area (Å²) in [5.74, 6) is 1.15. The summed E-state index contributed by atoms with van der Waals surface area (Å²) in [6.07, 6.45) is 1.06. The molecule has 0 unspecified atom stereocenters. The molecule has 0 aliphatic rings. The highest BCUT2D eigenvalue weighted by molar-refractivity contribution is 6.32.